The highest BCUT2D eigenvalue weighted by atomic mass is 35.5. The quantitative estimate of drug-likeness (QED) is 0.879. The molecule has 5 heteroatoms. The van der Waals surface area contributed by atoms with Crippen molar-refractivity contribution < 1.29 is 4.79 Å². The summed E-state index contributed by atoms with van der Waals surface area (Å²) in [6, 6.07) is 8.14. The van der Waals surface area contributed by atoms with Gasteiger partial charge in [-0.3, -0.25) is 4.79 Å². The molecule has 0 unspecified atom stereocenters. The summed E-state index contributed by atoms with van der Waals surface area (Å²) in [4.78, 5) is 14.2. The zero-order valence-electron chi connectivity index (χ0n) is 12.5. The second-order valence-electron chi connectivity index (χ2n) is 5.86. The van der Waals surface area contributed by atoms with Crippen LogP contribution in [-0.4, -0.2) is 36.5 Å². The lowest BCUT2D eigenvalue weighted by molar-refractivity contribution is -0.116. The lowest BCUT2D eigenvalue weighted by Gasteiger charge is -2.33. The molecule has 21 heavy (non-hydrogen) atoms. The van der Waals surface area contributed by atoms with Crippen LogP contribution in [-0.2, 0) is 4.79 Å². The largest absolute Gasteiger partial charge is 0.328 e. The summed E-state index contributed by atoms with van der Waals surface area (Å²) in [7, 11) is 2.09. The average molecular weight is 310 g/mol. The SMILES string of the molecule is CN(CCC(=O)Nc1cccc(Cl)c1)C1CCC(N)CC1. The van der Waals surface area contributed by atoms with E-state index in [1.165, 1.54) is 0 Å². The minimum atomic E-state index is 0.0247. The van der Waals surface area contributed by atoms with Crippen molar-refractivity contribution in [3.05, 3.63) is 29.3 Å². The number of benzene rings is 1. The Hall–Kier alpha value is -1.10. The van der Waals surface area contributed by atoms with Crippen LogP contribution in [0, 0.1) is 0 Å². The summed E-state index contributed by atoms with van der Waals surface area (Å²) in [6.45, 7) is 0.770. The second-order valence-corrected chi connectivity index (χ2v) is 6.29. The minimum absolute atomic E-state index is 0.0247. The van der Waals surface area contributed by atoms with Gasteiger partial charge in [-0.2, -0.15) is 0 Å². The molecule has 1 saturated carbocycles. The molecule has 1 aliphatic carbocycles. The van der Waals surface area contributed by atoms with Crippen LogP contribution in [0.1, 0.15) is 32.1 Å². The maximum Gasteiger partial charge on any atom is 0.225 e. The van der Waals surface area contributed by atoms with Gasteiger partial charge in [0.1, 0.15) is 0 Å². The number of rotatable bonds is 5. The van der Waals surface area contributed by atoms with Crippen molar-refractivity contribution in [2.24, 2.45) is 5.73 Å². The van der Waals surface area contributed by atoms with E-state index in [4.69, 9.17) is 17.3 Å². The van der Waals surface area contributed by atoms with Crippen LogP contribution in [0.25, 0.3) is 0 Å². The van der Waals surface area contributed by atoms with Gasteiger partial charge in [-0.05, 0) is 50.9 Å². The third-order valence-corrected chi connectivity index (χ3v) is 4.40. The van der Waals surface area contributed by atoms with Crippen molar-refractivity contribution in [3.63, 3.8) is 0 Å². The monoisotopic (exact) mass is 309 g/mol. The van der Waals surface area contributed by atoms with Gasteiger partial charge in [0, 0.05) is 35.8 Å². The van der Waals surface area contributed by atoms with Crippen molar-refractivity contribution in [3.8, 4) is 0 Å². The summed E-state index contributed by atoms with van der Waals surface area (Å²) in [5.41, 5.74) is 6.67. The van der Waals surface area contributed by atoms with Gasteiger partial charge in [-0.25, -0.2) is 0 Å². The maximum absolute atomic E-state index is 12.0. The van der Waals surface area contributed by atoms with Gasteiger partial charge in [0.25, 0.3) is 0 Å². The van der Waals surface area contributed by atoms with Gasteiger partial charge in [0.15, 0.2) is 0 Å². The van der Waals surface area contributed by atoms with E-state index in [9.17, 15) is 4.79 Å². The van der Waals surface area contributed by atoms with Crippen molar-refractivity contribution >= 4 is 23.2 Å². The number of nitrogens with two attached hydrogens (primary N) is 1. The molecule has 1 fully saturated rings. The first kappa shape index (κ1) is 16.3. The van der Waals surface area contributed by atoms with Crippen LogP contribution in [0.3, 0.4) is 0 Å². The van der Waals surface area contributed by atoms with Crippen molar-refractivity contribution in [2.45, 2.75) is 44.2 Å². The number of carbonyl (C=O) groups is 1. The Morgan fingerprint density at radius 1 is 1.38 bits per heavy atom. The fourth-order valence-electron chi connectivity index (χ4n) is 2.79. The molecule has 0 heterocycles. The Bertz CT molecular complexity index is 472. The summed E-state index contributed by atoms with van der Waals surface area (Å²) < 4.78 is 0. The van der Waals surface area contributed by atoms with Gasteiger partial charge in [-0.1, -0.05) is 17.7 Å². The second kappa shape index (κ2) is 7.78. The summed E-state index contributed by atoms with van der Waals surface area (Å²) in [5, 5.41) is 3.51. The molecule has 3 N–H and O–H groups in total. The number of hydrogen-bond acceptors (Lipinski definition) is 3. The molecule has 1 aliphatic rings. The predicted octanol–water partition coefficient (Wildman–Crippen LogP) is 2.87. The molecule has 4 nitrogen and oxygen atoms in total. The predicted molar refractivity (Wildman–Crippen MR) is 87.6 cm³/mol. The normalized spacial score (nSPS) is 22.3. The van der Waals surface area contributed by atoms with E-state index < -0.39 is 0 Å². The third kappa shape index (κ3) is 5.30. The number of carbonyl (C=O) groups excluding carboxylic acids is 1. The molecular formula is C16H24ClN3O. The summed E-state index contributed by atoms with van der Waals surface area (Å²) in [5.74, 6) is 0.0247. The van der Waals surface area contributed by atoms with E-state index in [-0.39, 0.29) is 5.91 Å². The number of nitrogens with one attached hydrogen (secondary N) is 1. The van der Waals surface area contributed by atoms with Gasteiger partial charge >= 0.3 is 0 Å². The van der Waals surface area contributed by atoms with Crippen LogP contribution in [0.15, 0.2) is 24.3 Å². The molecule has 116 valence electrons. The zero-order valence-corrected chi connectivity index (χ0v) is 13.3. The smallest absolute Gasteiger partial charge is 0.225 e. The molecule has 1 aromatic rings. The first-order valence-electron chi connectivity index (χ1n) is 7.56. The third-order valence-electron chi connectivity index (χ3n) is 4.16. The number of halogens is 1. The topological polar surface area (TPSA) is 58.4 Å². The zero-order chi connectivity index (χ0) is 15.2. The summed E-state index contributed by atoms with van der Waals surface area (Å²) in [6.07, 6.45) is 4.93. The molecule has 0 radical (unpaired) electrons. The molecular weight excluding hydrogens is 286 g/mol. The Kier molecular flexibility index (Phi) is 6.03. The average Bonchev–Trinajstić information content (AvgIpc) is 2.45. The van der Waals surface area contributed by atoms with Crippen LogP contribution in [0.5, 0.6) is 0 Å². The van der Waals surface area contributed by atoms with E-state index >= 15 is 0 Å². The highest BCUT2D eigenvalue weighted by Gasteiger charge is 2.22. The molecule has 2 rings (SSSR count). The number of amides is 1. The van der Waals surface area contributed by atoms with Crippen molar-refractivity contribution in [2.75, 3.05) is 18.9 Å². The van der Waals surface area contributed by atoms with Gasteiger partial charge in [0.05, 0.1) is 0 Å². The number of nitrogens with zero attached hydrogens (tertiary/aromatic N) is 1. The van der Waals surface area contributed by atoms with Gasteiger partial charge < -0.3 is 16.0 Å². The molecule has 0 atom stereocenters. The molecule has 0 bridgehead atoms. The fraction of sp³-hybridized carbons (Fsp3) is 0.562. The number of anilines is 1. The van der Waals surface area contributed by atoms with Crippen molar-refractivity contribution in [1.82, 2.24) is 4.90 Å². The van der Waals surface area contributed by atoms with E-state index in [2.05, 4.69) is 17.3 Å². The van der Waals surface area contributed by atoms with Gasteiger partial charge in [-0.15, -0.1) is 0 Å². The Balaban J connectivity index is 1.73. The molecule has 0 aromatic heterocycles. The van der Waals surface area contributed by atoms with Crippen LogP contribution in [0.2, 0.25) is 5.02 Å². The molecule has 0 aliphatic heterocycles. The Labute approximate surface area is 131 Å². The molecule has 0 spiro atoms. The molecule has 0 saturated heterocycles. The first-order chi connectivity index (χ1) is 10.0. The lowest BCUT2D eigenvalue weighted by Crippen LogP contribution is -2.39. The lowest BCUT2D eigenvalue weighted by atomic mass is 9.91. The highest BCUT2D eigenvalue weighted by Crippen LogP contribution is 2.21. The minimum Gasteiger partial charge on any atom is -0.328 e. The highest BCUT2D eigenvalue weighted by molar-refractivity contribution is 6.30. The maximum atomic E-state index is 12.0. The van der Waals surface area contributed by atoms with Gasteiger partial charge in [0.2, 0.25) is 5.91 Å². The molecule has 1 amide bonds. The number of hydrogen-bond donors (Lipinski definition) is 2. The van der Waals surface area contributed by atoms with E-state index in [1.54, 1.807) is 12.1 Å². The molecule has 1 aromatic carbocycles. The summed E-state index contributed by atoms with van der Waals surface area (Å²) >= 11 is 5.90. The Morgan fingerprint density at radius 2 is 2.10 bits per heavy atom. The van der Waals surface area contributed by atoms with Crippen LogP contribution >= 0.6 is 11.6 Å². The van der Waals surface area contributed by atoms with E-state index in [0.717, 1.165) is 37.9 Å². The van der Waals surface area contributed by atoms with Crippen molar-refractivity contribution in [1.29, 1.82) is 0 Å². The first-order valence-corrected chi connectivity index (χ1v) is 7.93. The Morgan fingerprint density at radius 3 is 2.76 bits per heavy atom. The van der Waals surface area contributed by atoms with Crippen LogP contribution < -0.4 is 11.1 Å². The van der Waals surface area contributed by atoms with E-state index in [1.807, 2.05) is 12.1 Å². The standard InChI is InChI=1S/C16H24ClN3O/c1-20(15-7-5-13(18)6-8-15)10-9-16(21)19-14-4-2-3-12(17)11-14/h2-4,11,13,15H,5-10,18H2,1H3,(H,19,21). The van der Waals surface area contributed by atoms with E-state index in [0.29, 0.717) is 23.5 Å². The van der Waals surface area contributed by atoms with Crippen LogP contribution in [0.4, 0.5) is 5.69 Å². The fourth-order valence-corrected chi connectivity index (χ4v) is 2.98.